The first-order chi connectivity index (χ1) is 12.7. The van der Waals surface area contributed by atoms with E-state index in [9.17, 15) is 4.79 Å². The van der Waals surface area contributed by atoms with Crippen LogP contribution < -0.4 is 10.1 Å². The van der Waals surface area contributed by atoms with Gasteiger partial charge in [-0.25, -0.2) is 0 Å². The summed E-state index contributed by atoms with van der Waals surface area (Å²) in [5, 5.41) is 16.2. The molecule has 3 aromatic rings. The number of carbonyl (C=O) groups is 1. The maximum absolute atomic E-state index is 12.3. The summed E-state index contributed by atoms with van der Waals surface area (Å²) < 4.78 is 6.06. The number of thiophene rings is 1. The molecule has 2 heterocycles. The van der Waals surface area contributed by atoms with Gasteiger partial charge in [-0.2, -0.15) is 11.3 Å². The predicted octanol–water partition coefficient (Wildman–Crippen LogP) is 4.10. The van der Waals surface area contributed by atoms with Gasteiger partial charge in [0.1, 0.15) is 5.75 Å². The summed E-state index contributed by atoms with van der Waals surface area (Å²) in [5.74, 6) is 1.14. The summed E-state index contributed by atoms with van der Waals surface area (Å²) in [6.45, 7) is 0.625. The summed E-state index contributed by atoms with van der Waals surface area (Å²) in [4.78, 5) is 14.0. The zero-order chi connectivity index (χ0) is 18.4. The van der Waals surface area contributed by atoms with Gasteiger partial charge >= 0.3 is 0 Å². The highest BCUT2D eigenvalue weighted by Gasteiger charge is 2.13. The van der Waals surface area contributed by atoms with Crippen molar-refractivity contribution in [2.75, 3.05) is 25.2 Å². The lowest BCUT2D eigenvalue weighted by Crippen LogP contribution is -2.27. The van der Waals surface area contributed by atoms with Crippen LogP contribution in [0.25, 0.3) is 0 Å². The quantitative estimate of drug-likeness (QED) is 0.568. The molecule has 0 bridgehead atoms. The number of rotatable bonds is 8. The highest BCUT2D eigenvalue weighted by Crippen LogP contribution is 2.31. The largest absolute Gasteiger partial charge is 0.495 e. The molecule has 6 nitrogen and oxygen atoms in total. The molecular formula is C17H18N4O2S3. The minimum atomic E-state index is 0.0654. The first-order valence-electron chi connectivity index (χ1n) is 7.77. The van der Waals surface area contributed by atoms with Gasteiger partial charge in [-0.3, -0.25) is 4.79 Å². The van der Waals surface area contributed by atoms with Crippen LogP contribution in [0, 0.1) is 0 Å². The molecule has 0 aliphatic carbocycles. The lowest BCUT2D eigenvalue weighted by Gasteiger charge is -2.15. The average Bonchev–Trinajstić information content (AvgIpc) is 3.32. The zero-order valence-electron chi connectivity index (χ0n) is 14.3. The Morgan fingerprint density at radius 1 is 1.31 bits per heavy atom. The molecule has 0 radical (unpaired) electrons. The fourth-order valence-electron chi connectivity index (χ4n) is 2.16. The van der Waals surface area contributed by atoms with E-state index in [1.807, 2.05) is 42.8 Å². The molecule has 0 unspecified atom stereocenters. The summed E-state index contributed by atoms with van der Waals surface area (Å²) in [6, 6.07) is 9.65. The molecule has 0 aliphatic rings. The number of hydrogen-bond acceptors (Lipinski definition) is 8. The predicted molar refractivity (Wildman–Crippen MR) is 108 cm³/mol. The van der Waals surface area contributed by atoms with Crippen molar-refractivity contribution in [2.24, 2.45) is 0 Å². The number of nitrogens with zero attached hydrogens (tertiary/aromatic N) is 3. The van der Waals surface area contributed by atoms with Gasteiger partial charge in [0.05, 0.1) is 18.6 Å². The van der Waals surface area contributed by atoms with Gasteiger partial charge in [-0.1, -0.05) is 35.2 Å². The second kappa shape index (κ2) is 9.02. The number of hydrogen-bond donors (Lipinski definition) is 1. The fourth-order valence-corrected chi connectivity index (χ4v) is 4.52. The Morgan fingerprint density at radius 3 is 2.92 bits per heavy atom. The van der Waals surface area contributed by atoms with E-state index in [-0.39, 0.29) is 5.91 Å². The van der Waals surface area contributed by atoms with Crippen LogP contribution in [-0.4, -0.2) is 40.9 Å². The van der Waals surface area contributed by atoms with E-state index in [1.54, 1.807) is 23.3 Å². The van der Waals surface area contributed by atoms with Crippen molar-refractivity contribution in [3.05, 3.63) is 46.7 Å². The second-order valence-corrected chi connectivity index (χ2v) is 8.35. The van der Waals surface area contributed by atoms with Crippen LogP contribution in [0.4, 0.5) is 10.8 Å². The van der Waals surface area contributed by atoms with Crippen LogP contribution in [-0.2, 0) is 11.3 Å². The number of anilines is 2. The minimum Gasteiger partial charge on any atom is -0.495 e. The maximum Gasteiger partial charge on any atom is 0.233 e. The summed E-state index contributed by atoms with van der Waals surface area (Å²) in [6.07, 6.45) is 0. The van der Waals surface area contributed by atoms with Gasteiger partial charge in [0, 0.05) is 13.6 Å². The van der Waals surface area contributed by atoms with E-state index in [1.165, 1.54) is 23.1 Å². The second-order valence-electron chi connectivity index (χ2n) is 5.37. The van der Waals surface area contributed by atoms with Gasteiger partial charge in [0.15, 0.2) is 4.34 Å². The van der Waals surface area contributed by atoms with Crippen molar-refractivity contribution in [3.8, 4) is 5.75 Å². The van der Waals surface area contributed by atoms with E-state index in [0.717, 1.165) is 21.3 Å². The molecule has 0 spiro atoms. The molecule has 3 rings (SSSR count). The standard InChI is InChI=1S/C17H18N4O2S3/c1-21(9-12-7-8-24-10-12)15(22)11-25-17-20-19-16(26-17)18-13-5-3-4-6-14(13)23-2/h3-8,10H,9,11H2,1-2H3,(H,18,19). The van der Waals surface area contributed by atoms with E-state index in [2.05, 4.69) is 20.9 Å². The van der Waals surface area contributed by atoms with Crippen LogP contribution in [0.3, 0.4) is 0 Å². The van der Waals surface area contributed by atoms with E-state index in [4.69, 9.17) is 4.74 Å². The van der Waals surface area contributed by atoms with Gasteiger partial charge in [-0.15, -0.1) is 10.2 Å². The van der Waals surface area contributed by atoms with Crippen molar-refractivity contribution in [3.63, 3.8) is 0 Å². The molecule has 0 aliphatic heterocycles. The molecule has 9 heteroatoms. The lowest BCUT2D eigenvalue weighted by molar-refractivity contribution is -0.127. The first kappa shape index (κ1) is 18.7. The molecule has 2 aromatic heterocycles. The van der Waals surface area contributed by atoms with Gasteiger partial charge in [-0.05, 0) is 34.5 Å². The Bertz CT molecular complexity index is 851. The Morgan fingerprint density at radius 2 is 2.15 bits per heavy atom. The number of aromatic nitrogens is 2. The van der Waals surface area contributed by atoms with Crippen molar-refractivity contribution in [1.82, 2.24) is 15.1 Å². The van der Waals surface area contributed by atoms with E-state index < -0.39 is 0 Å². The molecular weight excluding hydrogens is 388 g/mol. The Kier molecular flexibility index (Phi) is 6.48. The number of carbonyl (C=O) groups excluding carboxylic acids is 1. The maximum atomic E-state index is 12.3. The Hall–Kier alpha value is -2.10. The lowest BCUT2D eigenvalue weighted by atomic mass is 10.3. The highest BCUT2D eigenvalue weighted by molar-refractivity contribution is 8.01. The van der Waals surface area contributed by atoms with Crippen molar-refractivity contribution in [2.45, 2.75) is 10.9 Å². The zero-order valence-corrected chi connectivity index (χ0v) is 16.8. The van der Waals surface area contributed by atoms with Crippen molar-refractivity contribution < 1.29 is 9.53 Å². The molecule has 0 atom stereocenters. The van der Waals surface area contributed by atoms with Crippen LogP contribution in [0.1, 0.15) is 5.56 Å². The molecule has 0 saturated carbocycles. The number of nitrogens with one attached hydrogen (secondary N) is 1. The van der Waals surface area contributed by atoms with Gasteiger partial charge in [0.2, 0.25) is 11.0 Å². The summed E-state index contributed by atoms with van der Waals surface area (Å²) in [5.41, 5.74) is 1.98. The van der Waals surface area contributed by atoms with Crippen LogP contribution in [0.5, 0.6) is 5.75 Å². The molecule has 136 valence electrons. The van der Waals surface area contributed by atoms with Crippen LogP contribution in [0.15, 0.2) is 45.4 Å². The molecule has 0 saturated heterocycles. The van der Waals surface area contributed by atoms with E-state index >= 15 is 0 Å². The first-order valence-corrected chi connectivity index (χ1v) is 10.5. The third-order valence-electron chi connectivity index (χ3n) is 3.50. The van der Waals surface area contributed by atoms with Gasteiger partial charge < -0.3 is 15.0 Å². The van der Waals surface area contributed by atoms with Gasteiger partial charge in [0.25, 0.3) is 0 Å². The Balaban J connectivity index is 1.52. The fraction of sp³-hybridized carbons (Fsp3) is 0.235. The Labute approximate surface area is 164 Å². The van der Waals surface area contributed by atoms with Crippen molar-refractivity contribution in [1.29, 1.82) is 0 Å². The summed E-state index contributed by atoms with van der Waals surface area (Å²) >= 11 is 4.44. The third-order valence-corrected chi connectivity index (χ3v) is 6.19. The highest BCUT2D eigenvalue weighted by atomic mass is 32.2. The number of thioether (sulfide) groups is 1. The minimum absolute atomic E-state index is 0.0654. The average molecular weight is 407 g/mol. The summed E-state index contributed by atoms with van der Waals surface area (Å²) in [7, 11) is 3.44. The third kappa shape index (κ3) is 4.96. The van der Waals surface area contributed by atoms with E-state index in [0.29, 0.717) is 17.4 Å². The number of benzene rings is 1. The molecule has 26 heavy (non-hydrogen) atoms. The van der Waals surface area contributed by atoms with Crippen LogP contribution in [0.2, 0.25) is 0 Å². The van der Waals surface area contributed by atoms with Crippen molar-refractivity contribution >= 4 is 51.2 Å². The molecule has 0 fully saturated rings. The smallest absolute Gasteiger partial charge is 0.233 e. The van der Waals surface area contributed by atoms with Crippen LogP contribution >= 0.6 is 34.4 Å². The molecule has 1 aromatic carbocycles. The monoisotopic (exact) mass is 406 g/mol. The normalized spacial score (nSPS) is 10.5. The topological polar surface area (TPSA) is 67.3 Å². The number of amides is 1. The molecule has 1 amide bonds. The number of para-hydroxylation sites is 2. The number of ether oxygens (including phenoxy) is 1. The SMILES string of the molecule is COc1ccccc1Nc1nnc(SCC(=O)N(C)Cc2ccsc2)s1. The molecule has 1 N–H and O–H groups in total. The number of methoxy groups -OCH3 is 1.